The van der Waals surface area contributed by atoms with Crippen LogP contribution in [0.4, 0.5) is 4.39 Å². The molecule has 0 amide bonds. The molecule has 0 radical (unpaired) electrons. The zero-order chi connectivity index (χ0) is 14.8. The van der Waals surface area contributed by atoms with Crippen LogP contribution in [0.15, 0.2) is 30.6 Å². The SMILES string of the molecule is CNC(Cc1ncnn1C)C(C)(C)c1ccc(F)cc1. The van der Waals surface area contributed by atoms with E-state index in [-0.39, 0.29) is 17.3 Å². The monoisotopic (exact) mass is 276 g/mol. The number of aromatic nitrogens is 3. The maximum atomic E-state index is 13.1. The number of halogens is 1. The maximum Gasteiger partial charge on any atom is 0.138 e. The Morgan fingerprint density at radius 3 is 2.45 bits per heavy atom. The number of nitrogens with zero attached hydrogens (tertiary/aromatic N) is 3. The lowest BCUT2D eigenvalue weighted by atomic mass is 9.76. The Morgan fingerprint density at radius 1 is 1.30 bits per heavy atom. The molecular weight excluding hydrogens is 255 g/mol. The van der Waals surface area contributed by atoms with Crippen molar-refractivity contribution >= 4 is 0 Å². The third kappa shape index (κ3) is 2.88. The molecule has 1 aromatic heterocycles. The smallest absolute Gasteiger partial charge is 0.138 e. The molecule has 1 atom stereocenters. The average molecular weight is 276 g/mol. The third-order valence-electron chi connectivity index (χ3n) is 4.00. The third-order valence-corrected chi connectivity index (χ3v) is 4.00. The molecule has 1 aromatic carbocycles. The molecule has 0 bridgehead atoms. The standard InChI is InChI=1S/C15H21FN4/c1-15(2,11-5-7-12(16)8-6-11)13(17-3)9-14-18-10-19-20(14)4/h5-8,10,13,17H,9H2,1-4H3. The molecular formula is C15H21FN4. The summed E-state index contributed by atoms with van der Waals surface area (Å²) < 4.78 is 14.9. The summed E-state index contributed by atoms with van der Waals surface area (Å²) in [6, 6.07) is 6.88. The summed E-state index contributed by atoms with van der Waals surface area (Å²) >= 11 is 0. The van der Waals surface area contributed by atoms with Crippen LogP contribution >= 0.6 is 0 Å². The van der Waals surface area contributed by atoms with Crippen LogP contribution in [-0.4, -0.2) is 27.9 Å². The second-order valence-corrected chi connectivity index (χ2v) is 5.57. The number of benzene rings is 1. The second-order valence-electron chi connectivity index (χ2n) is 5.57. The molecule has 1 heterocycles. The lowest BCUT2D eigenvalue weighted by Gasteiger charge is -2.34. The molecule has 0 aliphatic rings. The molecule has 1 unspecified atom stereocenters. The Morgan fingerprint density at radius 2 is 1.95 bits per heavy atom. The lowest BCUT2D eigenvalue weighted by molar-refractivity contribution is 0.348. The van der Waals surface area contributed by atoms with Gasteiger partial charge in [0.2, 0.25) is 0 Å². The van der Waals surface area contributed by atoms with Gasteiger partial charge in [-0.15, -0.1) is 0 Å². The van der Waals surface area contributed by atoms with Crippen molar-refractivity contribution in [3.05, 3.63) is 47.8 Å². The van der Waals surface area contributed by atoms with E-state index in [0.717, 1.165) is 17.8 Å². The molecule has 108 valence electrons. The molecule has 2 aromatic rings. The molecule has 1 N–H and O–H groups in total. The number of rotatable bonds is 5. The minimum absolute atomic E-state index is 0.144. The predicted molar refractivity (Wildman–Crippen MR) is 77.0 cm³/mol. The van der Waals surface area contributed by atoms with Gasteiger partial charge in [0.15, 0.2) is 0 Å². The van der Waals surface area contributed by atoms with Crippen LogP contribution in [0.1, 0.15) is 25.2 Å². The topological polar surface area (TPSA) is 42.7 Å². The van der Waals surface area contributed by atoms with Gasteiger partial charge >= 0.3 is 0 Å². The molecule has 0 aliphatic heterocycles. The fourth-order valence-corrected chi connectivity index (χ4v) is 2.49. The molecule has 0 fully saturated rings. The number of aryl methyl sites for hydroxylation is 1. The Hall–Kier alpha value is -1.75. The van der Waals surface area contributed by atoms with Crippen molar-refractivity contribution in [3.8, 4) is 0 Å². The molecule has 0 saturated carbocycles. The first-order valence-corrected chi connectivity index (χ1v) is 6.71. The number of nitrogens with one attached hydrogen (secondary N) is 1. The highest BCUT2D eigenvalue weighted by atomic mass is 19.1. The number of hydrogen-bond acceptors (Lipinski definition) is 3. The first-order valence-electron chi connectivity index (χ1n) is 6.71. The zero-order valence-electron chi connectivity index (χ0n) is 12.4. The average Bonchev–Trinajstić information content (AvgIpc) is 2.81. The van der Waals surface area contributed by atoms with Crippen molar-refractivity contribution in [3.63, 3.8) is 0 Å². The van der Waals surface area contributed by atoms with E-state index in [0.29, 0.717) is 0 Å². The first-order chi connectivity index (χ1) is 9.45. The van der Waals surface area contributed by atoms with Gasteiger partial charge in [0.1, 0.15) is 18.0 Å². The number of hydrogen-bond donors (Lipinski definition) is 1. The van der Waals surface area contributed by atoms with Gasteiger partial charge < -0.3 is 5.32 Å². The van der Waals surface area contributed by atoms with Crippen LogP contribution in [-0.2, 0) is 18.9 Å². The summed E-state index contributed by atoms with van der Waals surface area (Å²) in [6.07, 6.45) is 2.32. The maximum absolute atomic E-state index is 13.1. The van der Waals surface area contributed by atoms with Gasteiger partial charge in [0.25, 0.3) is 0 Å². The predicted octanol–water partition coefficient (Wildman–Crippen LogP) is 2.06. The van der Waals surface area contributed by atoms with E-state index in [1.807, 2.05) is 26.2 Å². The summed E-state index contributed by atoms with van der Waals surface area (Å²) in [5, 5.41) is 7.44. The lowest BCUT2D eigenvalue weighted by Crippen LogP contribution is -2.45. The Bertz CT molecular complexity index is 560. The van der Waals surface area contributed by atoms with Crippen LogP contribution in [0.3, 0.4) is 0 Å². The molecule has 5 heteroatoms. The largest absolute Gasteiger partial charge is 0.316 e. The van der Waals surface area contributed by atoms with Crippen LogP contribution in [0, 0.1) is 5.82 Å². The van der Waals surface area contributed by atoms with Gasteiger partial charge in [0.05, 0.1) is 0 Å². The highest BCUT2D eigenvalue weighted by Crippen LogP contribution is 2.28. The Labute approximate surface area is 119 Å². The van der Waals surface area contributed by atoms with Crippen LogP contribution < -0.4 is 5.32 Å². The second kappa shape index (κ2) is 5.71. The summed E-state index contributed by atoms with van der Waals surface area (Å²) in [4.78, 5) is 4.28. The van der Waals surface area contributed by atoms with Gasteiger partial charge in [-0.2, -0.15) is 5.10 Å². The fraction of sp³-hybridized carbons (Fsp3) is 0.467. The molecule has 0 spiro atoms. The summed E-state index contributed by atoms with van der Waals surface area (Å²) in [5.74, 6) is 0.721. The minimum atomic E-state index is -0.209. The van der Waals surface area contributed by atoms with Gasteiger partial charge in [0, 0.05) is 24.9 Å². The summed E-state index contributed by atoms with van der Waals surface area (Å²) in [7, 11) is 3.83. The molecule has 4 nitrogen and oxygen atoms in total. The van der Waals surface area contributed by atoms with E-state index in [1.165, 1.54) is 12.1 Å². The van der Waals surface area contributed by atoms with Crippen LogP contribution in [0.5, 0.6) is 0 Å². The van der Waals surface area contributed by atoms with E-state index in [4.69, 9.17) is 0 Å². The van der Waals surface area contributed by atoms with Crippen molar-refractivity contribution in [1.82, 2.24) is 20.1 Å². The van der Waals surface area contributed by atoms with Gasteiger partial charge in [-0.25, -0.2) is 9.37 Å². The van der Waals surface area contributed by atoms with Crippen molar-refractivity contribution in [2.75, 3.05) is 7.05 Å². The first kappa shape index (κ1) is 14.7. The highest BCUT2D eigenvalue weighted by molar-refractivity contribution is 5.27. The normalized spacial score (nSPS) is 13.4. The van der Waals surface area contributed by atoms with E-state index >= 15 is 0 Å². The molecule has 0 saturated heterocycles. The van der Waals surface area contributed by atoms with Crippen LogP contribution in [0.25, 0.3) is 0 Å². The van der Waals surface area contributed by atoms with Crippen molar-refractivity contribution in [2.24, 2.45) is 7.05 Å². The van der Waals surface area contributed by atoms with Crippen molar-refractivity contribution in [2.45, 2.75) is 31.7 Å². The van der Waals surface area contributed by atoms with E-state index < -0.39 is 0 Å². The number of likely N-dealkylation sites (N-methyl/N-ethyl adjacent to an activating group) is 1. The van der Waals surface area contributed by atoms with Crippen LogP contribution in [0.2, 0.25) is 0 Å². The van der Waals surface area contributed by atoms with E-state index in [9.17, 15) is 4.39 Å². The molecule has 0 aliphatic carbocycles. The van der Waals surface area contributed by atoms with Gasteiger partial charge in [-0.05, 0) is 24.7 Å². The zero-order valence-corrected chi connectivity index (χ0v) is 12.4. The highest BCUT2D eigenvalue weighted by Gasteiger charge is 2.31. The minimum Gasteiger partial charge on any atom is -0.316 e. The Kier molecular flexibility index (Phi) is 4.18. The fourth-order valence-electron chi connectivity index (χ4n) is 2.49. The van der Waals surface area contributed by atoms with Gasteiger partial charge in [-0.3, -0.25) is 4.68 Å². The van der Waals surface area contributed by atoms with E-state index in [2.05, 4.69) is 29.2 Å². The van der Waals surface area contributed by atoms with Crippen molar-refractivity contribution < 1.29 is 4.39 Å². The summed E-state index contributed by atoms with van der Waals surface area (Å²) in [5.41, 5.74) is 0.953. The molecule has 2 rings (SSSR count). The quantitative estimate of drug-likeness (QED) is 0.909. The molecule has 20 heavy (non-hydrogen) atoms. The van der Waals surface area contributed by atoms with E-state index in [1.54, 1.807) is 11.0 Å². The van der Waals surface area contributed by atoms with Crippen molar-refractivity contribution in [1.29, 1.82) is 0 Å². The Balaban J connectivity index is 2.25. The van der Waals surface area contributed by atoms with Gasteiger partial charge in [-0.1, -0.05) is 26.0 Å². The summed E-state index contributed by atoms with van der Waals surface area (Å²) in [6.45, 7) is 4.30.